The second-order valence-electron chi connectivity index (χ2n) is 6.74. The van der Waals surface area contributed by atoms with Crippen molar-refractivity contribution in [1.82, 2.24) is 0 Å². The van der Waals surface area contributed by atoms with Crippen LogP contribution in [-0.4, -0.2) is 16.8 Å². The van der Waals surface area contributed by atoms with Crippen molar-refractivity contribution in [2.75, 3.05) is 0 Å². The minimum Gasteiger partial charge on any atom is -0.489 e. The molecule has 0 amide bonds. The first-order chi connectivity index (χ1) is 15.4. The summed E-state index contributed by atoms with van der Waals surface area (Å²) >= 11 is 8.35. The Morgan fingerprint density at radius 2 is 1.91 bits per heavy atom. The lowest BCUT2D eigenvalue weighted by Crippen LogP contribution is -2.06. The standard InChI is InChI=1S/C23H14ClIN2O5/c24-20-12-17(27(29)30)6-9-19(20)22-26-21(23(28)32-22)11-14-4-7-18(8-5-14)31-13-15-2-1-3-16(25)10-15/h1-12H,13H2/b21-11-. The van der Waals surface area contributed by atoms with Crippen LogP contribution in [0.2, 0.25) is 5.02 Å². The molecule has 0 bridgehead atoms. The van der Waals surface area contributed by atoms with E-state index < -0.39 is 10.9 Å². The molecule has 160 valence electrons. The molecule has 4 rings (SSSR count). The van der Waals surface area contributed by atoms with Crippen LogP contribution in [0.1, 0.15) is 16.7 Å². The summed E-state index contributed by atoms with van der Waals surface area (Å²) in [4.78, 5) is 26.7. The molecular weight excluding hydrogens is 547 g/mol. The van der Waals surface area contributed by atoms with Crippen molar-refractivity contribution in [3.05, 3.63) is 108 Å². The first kappa shape index (κ1) is 22.0. The van der Waals surface area contributed by atoms with Crippen LogP contribution >= 0.6 is 34.2 Å². The maximum absolute atomic E-state index is 12.2. The van der Waals surface area contributed by atoms with Gasteiger partial charge in [-0.2, -0.15) is 0 Å². The van der Waals surface area contributed by atoms with Crippen molar-refractivity contribution >= 4 is 57.8 Å². The third-order valence-electron chi connectivity index (χ3n) is 4.49. The number of carbonyl (C=O) groups excluding carboxylic acids is 1. The quantitative estimate of drug-likeness (QED) is 0.125. The number of nitro benzene ring substituents is 1. The summed E-state index contributed by atoms with van der Waals surface area (Å²) in [6.07, 6.45) is 1.58. The Bertz CT molecular complexity index is 1270. The molecule has 0 unspecified atom stereocenters. The zero-order chi connectivity index (χ0) is 22.7. The summed E-state index contributed by atoms with van der Waals surface area (Å²) in [5.41, 5.74) is 2.04. The Morgan fingerprint density at radius 3 is 2.59 bits per heavy atom. The van der Waals surface area contributed by atoms with Gasteiger partial charge in [0.2, 0.25) is 5.90 Å². The number of cyclic esters (lactones) is 1. The number of ether oxygens (including phenoxy) is 2. The number of rotatable bonds is 6. The maximum Gasteiger partial charge on any atom is 0.363 e. The molecule has 0 saturated heterocycles. The average molecular weight is 561 g/mol. The first-order valence-electron chi connectivity index (χ1n) is 9.33. The van der Waals surface area contributed by atoms with E-state index >= 15 is 0 Å². The fraction of sp³-hybridized carbons (Fsp3) is 0.0435. The van der Waals surface area contributed by atoms with Crippen molar-refractivity contribution in [2.24, 2.45) is 4.99 Å². The van der Waals surface area contributed by atoms with Gasteiger partial charge in [-0.25, -0.2) is 9.79 Å². The SMILES string of the molecule is O=C1OC(c2ccc([N+](=O)[O-])cc2Cl)=N/C1=C\c1ccc(OCc2cccc(I)c2)cc1. The Hall–Kier alpha value is -3.24. The average Bonchev–Trinajstić information content (AvgIpc) is 3.13. The normalized spacial score (nSPS) is 14.2. The number of carbonyl (C=O) groups is 1. The van der Waals surface area contributed by atoms with Gasteiger partial charge in [0.15, 0.2) is 5.70 Å². The van der Waals surface area contributed by atoms with E-state index in [1.807, 2.05) is 18.2 Å². The molecule has 0 radical (unpaired) electrons. The molecule has 0 spiro atoms. The van der Waals surface area contributed by atoms with Gasteiger partial charge in [0, 0.05) is 15.7 Å². The zero-order valence-electron chi connectivity index (χ0n) is 16.3. The number of hydrogen-bond donors (Lipinski definition) is 0. The molecule has 1 heterocycles. The molecule has 3 aromatic rings. The van der Waals surface area contributed by atoms with E-state index in [0.717, 1.165) is 14.7 Å². The molecule has 0 aliphatic carbocycles. The molecule has 3 aromatic carbocycles. The van der Waals surface area contributed by atoms with Crippen molar-refractivity contribution in [3.8, 4) is 5.75 Å². The van der Waals surface area contributed by atoms with Gasteiger partial charge < -0.3 is 9.47 Å². The molecule has 32 heavy (non-hydrogen) atoms. The Labute approximate surface area is 201 Å². The van der Waals surface area contributed by atoms with Gasteiger partial charge in [-0.1, -0.05) is 35.9 Å². The van der Waals surface area contributed by atoms with Crippen molar-refractivity contribution < 1.29 is 19.2 Å². The second-order valence-corrected chi connectivity index (χ2v) is 8.40. The van der Waals surface area contributed by atoms with Crippen LogP contribution in [0.3, 0.4) is 0 Å². The minimum atomic E-state index is -0.631. The number of nitro groups is 1. The van der Waals surface area contributed by atoms with Crippen molar-refractivity contribution in [3.63, 3.8) is 0 Å². The lowest BCUT2D eigenvalue weighted by Gasteiger charge is -2.07. The van der Waals surface area contributed by atoms with Crippen LogP contribution in [-0.2, 0) is 16.1 Å². The van der Waals surface area contributed by atoms with Crippen LogP contribution in [0.5, 0.6) is 5.75 Å². The molecule has 1 aliphatic heterocycles. The molecule has 0 aromatic heterocycles. The molecular formula is C23H14ClIN2O5. The van der Waals surface area contributed by atoms with E-state index in [0.29, 0.717) is 17.9 Å². The molecule has 7 nitrogen and oxygen atoms in total. The highest BCUT2D eigenvalue weighted by Crippen LogP contribution is 2.27. The van der Waals surface area contributed by atoms with Gasteiger partial charge in [0.25, 0.3) is 5.69 Å². The topological polar surface area (TPSA) is 91.0 Å². The maximum atomic E-state index is 12.2. The number of nitrogens with zero attached hydrogens (tertiary/aromatic N) is 2. The second kappa shape index (κ2) is 9.49. The van der Waals surface area contributed by atoms with Crippen LogP contribution in [0.25, 0.3) is 6.08 Å². The van der Waals surface area contributed by atoms with E-state index in [9.17, 15) is 14.9 Å². The van der Waals surface area contributed by atoms with Crippen LogP contribution in [0.15, 0.2) is 77.4 Å². The van der Waals surface area contributed by atoms with Gasteiger partial charge >= 0.3 is 5.97 Å². The van der Waals surface area contributed by atoms with Crippen LogP contribution in [0.4, 0.5) is 5.69 Å². The van der Waals surface area contributed by atoms with Gasteiger partial charge in [-0.3, -0.25) is 10.1 Å². The summed E-state index contributed by atoms with van der Waals surface area (Å²) in [5.74, 6) is 0.0638. The summed E-state index contributed by atoms with van der Waals surface area (Å²) in [6, 6.07) is 19.1. The van der Waals surface area contributed by atoms with E-state index in [2.05, 4.69) is 33.6 Å². The van der Waals surface area contributed by atoms with Crippen molar-refractivity contribution in [1.29, 1.82) is 0 Å². The summed E-state index contributed by atoms with van der Waals surface area (Å²) in [6.45, 7) is 0.452. The predicted octanol–water partition coefficient (Wildman–Crippen LogP) is 5.78. The molecule has 0 saturated carbocycles. The highest BCUT2D eigenvalue weighted by Gasteiger charge is 2.26. The Balaban J connectivity index is 1.48. The van der Waals surface area contributed by atoms with Crippen LogP contribution in [0, 0.1) is 13.7 Å². The summed E-state index contributed by atoms with van der Waals surface area (Å²) in [5, 5.41) is 10.9. The molecule has 0 N–H and O–H groups in total. The van der Waals surface area contributed by atoms with Gasteiger partial charge in [0.1, 0.15) is 12.4 Å². The highest BCUT2D eigenvalue weighted by atomic mass is 127. The van der Waals surface area contributed by atoms with E-state index in [1.54, 1.807) is 30.3 Å². The lowest BCUT2D eigenvalue weighted by atomic mass is 10.2. The van der Waals surface area contributed by atoms with Gasteiger partial charge in [-0.05, 0) is 70.1 Å². The number of non-ortho nitro benzene ring substituents is 1. The van der Waals surface area contributed by atoms with Crippen LogP contribution < -0.4 is 4.74 Å². The van der Waals surface area contributed by atoms with E-state index in [-0.39, 0.29) is 22.3 Å². The smallest absolute Gasteiger partial charge is 0.363 e. The fourth-order valence-electron chi connectivity index (χ4n) is 2.93. The van der Waals surface area contributed by atoms with Gasteiger partial charge in [0.05, 0.1) is 15.5 Å². The molecule has 0 fully saturated rings. The number of aliphatic imine (C=N–C) groups is 1. The summed E-state index contributed by atoms with van der Waals surface area (Å²) in [7, 11) is 0. The summed E-state index contributed by atoms with van der Waals surface area (Å²) < 4.78 is 12.1. The lowest BCUT2D eigenvalue weighted by molar-refractivity contribution is -0.384. The Kier molecular flexibility index (Phi) is 6.52. The fourth-order valence-corrected chi connectivity index (χ4v) is 3.79. The first-order valence-corrected chi connectivity index (χ1v) is 10.8. The number of hydrogen-bond acceptors (Lipinski definition) is 6. The molecule has 9 heteroatoms. The Morgan fingerprint density at radius 1 is 1.12 bits per heavy atom. The predicted molar refractivity (Wildman–Crippen MR) is 129 cm³/mol. The minimum absolute atomic E-state index is 0.00130. The van der Waals surface area contributed by atoms with Crippen molar-refractivity contribution in [2.45, 2.75) is 6.61 Å². The highest BCUT2D eigenvalue weighted by molar-refractivity contribution is 14.1. The van der Waals surface area contributed by atoms with E-state index in [4.69, 9.17) is 21.1 Å². The van der Waals surface area contributed by atoms with E-state index in [1.165, 1.54) is 18.2 Å². The monoisotopic (exact) mass is 560 g/mol. The molecule has 0 atom stereocenters. The number of halogens is 2. The number of esters is 1. The largest absolute Gasteiger partial charge is 0.489 e. The molecule has 1 aliphatic rings. The zero-order valence-corrected chi connectivity index (χ0v) is 19.2. The third kappa shape index (κ3) is 5.14. The third-order valence-corrected chi connectivity index (χ3v) is 5.48. The number of benzene rings is 3. The van der Waals surface area contributed by atoms with Gasteiger partial charge in [-0.15, -0.1) is 0 Å².